The van der Waals surface area contributed by atoms with Crippen LogP contribution in [-0.2, 0) is 46.4 Å². The van der Waals surface area contributed by atoms with Crippen molar-refractivity contribution in [2.75, 3.05) is 0 Å². The van der Waals surface area contributed by atoms with E-state index in [-0.39, 0.29) is 52.4 Å². The molecule has 5 aromatic rings. The van der Waals surface area contributed by atoms with Gasteiger partial charge in [0.05, 0.1) is 0 Å². The molecule has 9 rings (SSSR count). The van der Waals surface area contributed by atoms with E-state index in [1.807, 2.05) is 0 Å². The first-order valence-electron chi connectivity index (χ1n) is 22.5. The molecule has 0 aliphatic heterocycles. The second kappa shape index (κ2) is 15.0. The van der Waals surface area contributed by atoms with Gasteiger partial charge in [-0.2, -0.15) is 0 Å². The molecular formula is C59H68Cl2Zr. The van der Waals surface area contributed by atoms with Gasteiger partial charge in [-0.3, -0.25) is 0 Å². The van der Waals surface area contributed by atoms with Crippen LogP contribution < -0.4 is 6.54 Å². The molecular weight excluding hydrogens is 871 g/mol. The van der Waals surface area contributed by atoms with Crippen LogP contribution in [0, 0.1) is 5.92 Å². The Morgan fingerprint density at radius 1 is 0.597 bits per heavy atom. The van der Waals surface area contributed by atoms with Gasteiger partial charge in [0, 0.05) is 0 Å². The zero-order valence-corrected chi connectivity index (χ0v) is 43.9. The van der Waals surface area contributed by atoms with E-state index >= 15 is 0 Å². The number of hydrogen-bond donors (Lipinski definition) is 0. The summed E-state index contributed by atoms with van der Waals surface area (Å²) >= 11 is -5.26. The van der Waals surface area contributed by atoms with Gasteiger partial charge in [0.1, 0.15) is 0 Å². The molecule has 0 bridgehead atoms. The molecule has 62 heavy (non-hydrogen) atoms. The number of fused-ring (bicyclic) bond motifs is 5. The van der Waals surface area contributed by atoms with Crippen LogP contribution in [0.1, 0.15) is 147 Å². The van der Waals surface area contributed by atoms with Crippen LogP contribution in [0.5, 0.6) is 0 Å². The number of hydrogen-bond acceptors (Lipinski definition) is 0. The Bertz CT molecular complexity index is 2790. The van der Waals surface area contributed by atoms with E-state index in [9.17, 15) is 0 Å². The van der Waals surface area contributed by atoms with Crippen molar-refractivity contribution in [3.63, 3.8) is 0 Å². The fourth-order valence-electron chi connectivity index (χ4n) is 12.9. The third kappa shape index (κ3) is 6.48. The fraction of sp³-hybridized carbons (Fsp3) is 0.339. The van der Waals surface area contributed by atoms with Gasteiger partial charge in [0.25, 0.3) is 0 Å². The Morgan fingerprint density at radius 2 is 1.08 bits per heavy atom. The predicted octanol–water partition coefficient (Wildman–Crippen LogP) is 15.2. The van der Waals surface area contributed by atoms with E-state index in [0.29, 0.717) is 0 Å². The molecule has 0 saturated carbocycles. The second-order valence-corrected chi connectivity index (χ2v) is 34.9. The van der Waals surface area contributed by atoms with Crippen molar-refractivity contribution in [2.45, 2.75) is 125 Å². The quantitative estimate of drug-likeness (QED) is 0.162. The molecule has 5 aromatic carbocycles. The minimum atomic E-state index is -5.26. The molecule has 1 unspecified atom stereocenters. The summed E-state index contributed by atoms with van der Waals surface area (Å²) in [6.07, 6.45) is 6.01. The normalized spacial score (nSPS) is 18.7. The summed E-state index contributed by atoms with van der Waals surface area (Å²) in [6.45, 7) is 33.5. The second-order valence-electron chi connectivity index (χ2n) is 22.3. The van der Waals surface area contributed by atoms with Gasteiger partial charge in [0.15, 0.2) is 0 Å². The van der Waals surface area contributed by atoms with Crippen molar-refractivity contribution in [1.29, 1.82) is 0 Å². The molecule has 0 heterocycles. The topological polar surface area (TPSA) is 0 Å². The average molecular weight is 939 g/mol. The van der Waals surface area contributed by atoms with Crippen molar-refractivity contribution in [3.05, 3.63) is 177 Å². The van der Waals surface area contributed by atoms with Crippen molar-refractivity contribution in [2.24, 2.45) is 5.92 Å². The monoisotopic (exact) mass is 936 g/mol. The van der Waals surface area contributed by atoms with Gasteiger partial charge in [-0.1, -0.05) is 0 Å². The van der Waals surface area contributed by atoms with Crippen LogP contribution in [0.15, 0.2) is 127 Å². The van der Waals surface area contributed by atoms with E-state index in [4.69, 9.17) is 4.21 Å². The van der Waals surface area contributed by atoms with Gasteiger partial charge in [0.2, 0.25) is 0 Å². The standard InChI is InChI=1S/C25H25.C13H13.2C10H13.CH2.2ClH.Zr/c1-14-12-24(3,4)22-8-16-7-17-9-23-19(15(2)13-25(23,5)6)11-21(17)20(16)10-18(14)22;1-10-8-11(2)13(9-10)12-6-4-3-5-7-12;2*1-10(2,3)9-7-5-4-6-8-9;;;;/h8-12H,7H2,1-6H3;3-7,9-10H,1-2H3;2*5-8H,1-3H3;1H2;2*1H;. The van der Waals surface area contributed by atoms with Crippen LogP contribution in [0.25, 0.3) is 27.8 Å². The number of halogens is 2. The molecule has 0 nitrogen and oxygen atoms in total. The van der Waals surface area contributed by atoms with Crippen molar-refractivity contribution in [1.82, 2.24) is 0 Å². The molecule has 322 valence electrons. The Hall–Kier alpha value is -3.61. The molecule has 0 spiro atoms. The Labute approximate surface area is 387 Å². The van der Waals surface area contributed by atoms with E-state index in [1.165, 1.54) is 90.0 Å². The zero-order chi connectivity index (χ0) is 43.1. The van der Waals surface area contributed by atoms with Gasteiger partial charge < -0.3 is 0 Å². The summed E-state index contributed by atoms with van der Waals surface area (Å²) in [6, 6.07) is 41.2. The molecule has 0 saturated heterocycles. The van der Waals surface area contributed by atoms with E-state index in [1.54, 1.807) is 6.56 Å². The summed E-state index contributed by atoms with van der Waals surface area (Å²) in [5.74, 6) is 0.215. The van der Waals surface area contributed by atoms with Crippen LogP contribution in [-0.4, -0.2) is 4.21 Å². The van der Waals surface area contributed by atoms with Gasteiger partial charge in [-0.15, -0.1) is 24.8 Å². The Balaban J connectivity index is 0.00000289. The molecule has 0 amide bonds. The maximum absolute atomic E-state index is 6.08. The van der Waals surface area contributed by atoms with E-state index < -0.39 is 18.3 Å². The molecule has 0 aromatic heterocycles. The molecule has 1 atom stereocenters. The van der Waals surface area contributed by atoms with Crippen LogP contribution >= 0.6 is 24.8 Å². The van der Waals surface area contributed by atoms with Crippen molar-refractivity contribution >= 4 is 52.3 Å². The zero-order valence-electron chi connectivity index (χ0n) is 39.8. The SMILES string of the molecule is Cl.Cl.[CH2]=[Zr]([C]1=C(C)C(c2ccccc2)=CC1C)([C]1=C(C)c2cc3c(cc2C1(C)C)Cc1cc2c(cc1-3)C(C)=CC2(C)C)([c]1ccc(C(C)(C)C)cc1)[c]1ccc(C(C)(C)C)cc1. The minimum absolute atomic E-state index is 0. The fourth-order valence-corrected chi connectivity index (χ4v) is 32.9. The Kier molecular flexibility index (Phi) is 11.2. The molecule has 4 aliphatic rings. The molecule has 3 heteroatoms. The van der Waals surface area contributed by atoms with Gasteiger partial charge in [-0.25, -0.2) is 0 Å². The molecule has 0 N–H and O–H groups in total. The summed E-state index contributed by atoms with van der Waals surface area (Å²) in [4.78, 5) is 0. The number of allylic oxidation sites excluding steroid dienone is 8. The first kappa shape index (κ1) is 46.4. The first-order valence-corrected chi connectivity index (χ1v) is 29.1. The molecule has 0 fully saturated rings. The Morgan fingerprint density at radius 3 is 1.58 bits per heavy atom. The maximum atomic E-state index is 6.08. The number of rotatable bonds is 5. The van der Waals surface area contributed by atoms with Crippen LogP contribution in [0.3, 0.4) is 0 Å². The van der Waals surface area contributed by atoms with Crippen molar-refractivity contribution in [3.8, 4) is 11.1 Å². The summed E-state index contributed by atoms with van der Waals surface area (Å²) < 4.78 is 12.1. The predicted molar refractivity (Wildman–Crippen MR) is 274 cm³/mol. The van der Waals surface area contributed by atoms with Gasteiger partial charge in [-0.05, 0) is 0 Å². The molecule has 0 radical (unpaired) electrons. The van der Waals surface area contributed by atoms with E-state index in [0.717, 1.165) is 6.42 Å². The summed E-state index contributed by atoms with van der Waals surface area (Å²) in [7, 11) is 0. The van der Waals surface area contributed by atoms with E-state index in [2.05, 4.69) is 212 Å². The van der Waals surface area contributed by atoms with Crippen LogP contribution in [0.4, 0.5) is 0 Å². The third-order valence-corrected chi connectivity index (χ3v) is 33.7. The summed E-state index contributed by atoms with van der Waals surface area (Å²) in [5.41, 5.74) is 21.1. The average Bonchev–Trinajstić information content (AvgIpc) is 3.84. The molecule has 4 aliphatic carbocycles. The first-order chi connectivity index (χ1) is 28.0. The van der Waals surface area contributed by atoms with Crippen molar-refractivity contribution < 1.29 is 18.3 Å². The van der Waals surface area contributed by atoms with Crippen LogP contribution in [0.2, 0.25) is 0 Å². The third-order valence-electron chi connectivity index (χ3n) is 15.6. The summed E-state index contributed by atoms with van der Waals surface area (Å²) in [5, 5.41) is 0. The number of benzene rings is 5. The van der Waals surface area contributed by atoms with Gasteiger partial charge >= 0.3 is 365 Å².